The van der Waals surface area contributed by atoms with E-state index >= 15 is 0 Å². The number of hydrogen-bond acceptors (Lipinski definition) is 3. The smallest absolute Gasteiger partial charge is 0.197 e. The number of para-hydroxylation sites is 1. The van der Waals surface area contributed by atoms with Crippen molar-refractivity contribution in [1.82, 2.24) is 4.57 Å². The predicted molar refractivity (Wildman–Crippen MR) is 251 cm³/mol. The summed E-state index contributed by atoms with van der Waals surface area (Å²) in [5.41, 5.74) is 15.6. The van der Waals surface area contributed by atoms with E-state index in [2.05, 4.69) is 185 Å². The Balaban J connectivity index is 1.14. The first-order chi connectivity index (χ1) is 28.1. The lowest BCUT2D eigenvalue weighted by Crippen LogP contribution is -2.37. The molecule has 0 amide bonds. The van der Waals surface area contributed by atoms with E-state index in [9.17, 15) is 0 Å². The summed E-state index contributed by atoms with van der Waals surface area (Å²) in [5.74, 6) is 0. The highest BCUT2D eigenvalue weighted by molar-refractivity contribution is 8.05. The molecule has 1 radical (unpaired) electrons. The lowest BCUT2D eigenvalue weighted by atomic mass is 9.58. The number of benzene rings is 8. The van der Waals surface area contributed by atoms with Crippen LogP contribution in [0.4, 0.5) is 11.4 Å². The number of anilines is 2. The van der Waals surface area contributed by atoms with E-state index < -0.39 is 0 Å². The molecular weight excluding hydrogens is 740 g/mol. The molecule has 2 aliphatic heterocycles. The minimum absolute atomic E-state index is 0.111. The quantitative estimate of drug-likeness (QED) is 0.180. The summed E-state index contributed by atoms with van der Waals surface area (Å²) < 4.78 is 2.58. The fourth-order valence-corrected chi connectivity index (χ4v) is 12.4. The van der Waals surface area contributed by atoms with E-state index in [4.69, 9.17) is 0 Å². The summed E-state index contributed by atoms with van der Waals surface area (Å²) in [6.45, 7) is 12.0. The van der Waals surface area contributed by atoms with Gasteiger partial charge in [-0.15, -0.1) is 0 Å². The second kappa shape index (κ2) is 12.3. The van der Waals surface area contributed by atoms with Gasteiger partial charge < -0.3 is 9.88 Å². The van der Waals surface area contributed by atoms with Gasteiger partial charge in [0.25, 0.3) is 0 Å². The highest BCUT2D eigenvalue weighted by Crippen LogP contribution is 2.53. The Morgan fingerprint density at radius 3 is 1.95 bits per heavy atom. The average molecular weight is 782 g/mol. The molecule has 0 atom stereocenters. The summed E-state index contributed by atoms with van der Waals surface area (Å²) in [7, 11) is 2.47. The SMILES string of the molecule is Cc1cc2c(cc1Nc1cc3c(cc1-c1cc4ccccc4c4c1[B]c1cccc5c6cc7ccccc7cc6n-4c15)Sc1ccccc1S3)C(C)(C)CCC2(C)C. The minimum atomic E-state index is 0.111. The molecule has 0 spiro atoms. The van der Waals surface area contributed by atoms with Crippen LogP contribution in [0.15, 0.2) is 153 Å². The molecule has 0 saturated heterocycles. The molecule has 1 aromatic heterocycles. The molecule has 1 aliphatic carbocycles. The molecule has 1 N–H and O–H groups in total. The topological polar surface area (TPSA) is 17.0 Å². The van der Waals surface area contributed by atoms with Crippen LogP contribution >= 0.6 is 23.5 Å². The zero-order chi connectivity index (χ0) is 39.1. The third kappa shape index (κ3) is 5.09. The fraction of sp³-hybridized carbons (Fsp3) is 0.170. The van der Waals surface area contributed by atoms with Gasteiger partial charge in [-0.05, 0) is 123 Å². The van der Waals surface area contributed by atoms with Crippen LogP contribution in [0, 0.1) is 6.92 Å². The van der Waals surface area contributed by atoms with Gasteiger partial charge in [-0.1, -0.05) is 142 Å². The molecule has 0 fully saturated rings. The Labute approximate surface area is 349 Å². The number of aromatic nitrogens is 1. The summed E-state index contributed by atoms with van der Waals surface area (Å²) in [5, 5.41) is 11.8. The predicted octanol–water partition coefficient (Wildman–Crippen LogP) is 13.7. The van der Waals surface area contributed by atoms with Crippen LogP contribution in [0.3, 0.4) is 0 Å². The van der Waals surface area contributed by atoms with E-state index in [1.54, 1.807) is 0 Å². The Hall–Kier alpha value is -5.36. The van der Waals surface area contributed by atoms with Gasteiger partial charge in [0.15, 0.2) is 7.28 Å². The maximum atomic E-state index is 4.12. The highest BCUT2D eigenvalue weighted by atomic mass is 32.2. The van der Waals surface area contributed by atoms with Crippen LogP contribution in [0.5, 0.6) is 0 Å². The van der Waals surface area contributed by atoms with Crippen LogP contribution in [0.1, 0.15) is 57.2 Å². The Morgan fingerprint density at radius 1 is 0.552 bits per heavy atom. The molecular formula is C53H42BN2S2. The first kappa shape index (κ1) is 34.7. The minimum Gasteiger partial charge on any atom is -0.355 e. The standard InChI is InChI=1S/C53H42BN2S2/c1-30-23-39-40(53(4,5)22-21-52(39,2)3)28-42(30)55-43-29-48-47(57-45-19-10-11-20-46(45)58-48)27-36(43)38-25-33-15-8-9-16-34(33)51-49(38)54-41-18-12-17-35-37-24-31-13-6-7-14-32(31)26-44(37)56(51)50(35)41/h6-20,23-29,55H,21-22H2,1-5H3. The summed E-state index contributed by atoms with van der Waals surface area (Å²) >= 11 is 3.78. The highest BCUT2D eigenvalue weighted by Gasteiger charge is 2.38. The largest absolute Gasteiger partial charge is 0.355 e. The first-order valence-electron chi connectivity index (χ1n) is 20.5. The zero-order valence-electron chi connectivity index (χ0n) is 33.5. The fourth-order valence-electron chi connectivity index (χ4n) is 10.1. The lowest BCUT2D eigenvalue weighted by molar-refractivity contribution is 0.332. The third-order valence-corrected chi connectivity index (χ3v) is 15.9. The van der Waals surface area contributed by atoms with Crippen molar-refractivity contribution >= 4 is 96.5 Å². The van der Waals surface area contributed by atoms with Gasteiger partial charge in [0.05, 0.1) is 5.52 Å². The maximum absolute atomic E-state index is 4.12. The summed E-state index contributed by atoms with van der Waals surface area (Å²) in [6.07, 6.45) is 2.39. The molecule has 3 aliphatic rings. The van der Waals surface area contributed by atoms with Crippen molar-refractivity contribution < 1.29 is 0 Å². The molecule has 0 unspecified atom stereocenters. The zero-order valence-corrected chi connectivity index (χ0v) is 35.1. The van der Waals surface area contributed by atoms with E-state index in [0.29, 0.717) is 0 Å². The van der Waals surface area contributed by atoms with Crippen LogP contribution in [-0.4, -0.2) is 11.8 Å². The van der Waals surface area contributed by atoms with E-state index in [-0.39, 0.29) is 10.8 Å². The molecule has 279 valence electrons. The average Bonchev–Trinajstić information content (AvgIpc) is 3.55. The molecule has 58 heavy (non-hydrogen) atoms. The number of fused-ring (bicyclic) bond motifs is 11. The molecule has 0 bridgehead atoms. The van der Waals surface area contributed by atoms with Crippen molar-refractivity contribution in [2.24, 2.45) is 0 Å². The monoisotopic (exact) mass is 781 g/mol. The van der Waals surface area contributed by atoms with Crippen molar-refractivity contribution in [3.05, 3.63) is 150 Å². The van der Waals surface area contributed by atoms with Crippen molar-refractivity contribution in [3.8, 4) is 16.8 Å². The third-order valence-electron chi connectivity index (χ3n) is 13.4. The van der Waals surface area contributed by atoms with Crippen molar-refractivity contribution in [2.45, 2.75) is 77.9 Å². The number of hydrogen-bond donors (Lipinski definition) is 1. The van der Waals surface area contributed by atoms with E-state index in [0.717, 1.165) is 5.69 Å². The molecule has 12 rings (SSSR count). The number of aryl methyl sites for hydroxylation is 1. The summed E-state index contributed by atoms with van der Waals surface area (Å²) in [6, 6.07) is 50.6. The molecule has 2 nitrogen and oxygen atoms in total. The van der Waals surface area contributed by atoms with Crippen molar-refractivity contribution in [1.29, 1.82) is 0 Å². The summed E-state index contributed by atoms with van der Waals surface area (Å²) in [4.78, 5) is 5.22. The molecule has 5 heteroatoms. The number of nitrogens with zero attached hydrogens (tertiary/aromatic N) is 1. The van der Waals surface area contributed by atoms with Gasteiger partial charge in [-0.2, -0.15) is 0 Å². The van der Waals surface area contributed by atoms with Gasteiger partial charge in [-0.3, -0.25) is 0 Å². The van der Waals surface area contributed by atoms with Crippen molar-refractivity contribution in [3.63, 3.8) is 0 Å². The van der Waals surface area contributed by atoms with Gasteiger partial charge >= 0.3 is 0 Å². The Morgan fingerprint density at radius 2 is 1.19 bits per heavy atom. The molecule has 0 saturated carbocycles. The Bertz CT molecular complexity index is 3260. The van der Waals surface area contributed by atoms with Crippen LogP contribution < -0.4 is 16.2 Å². The van der Waals surface area contributed by atoms with Crippen molar-refractivity contribution in [2.75, 3.05) is 5.32 Å². The Kier molecular flexibility index (Phi) is 7.37. The molecule has 9 aromatic rings. The van der Waals surface area contributed by atoms with Crippen LogP contribution in [0.25, 0.3) is 60.2 Å². The molecule has 8 aromatic carbocycles. The number of rotatable bonds is 3. The van der Waals surface area contributed by atoms with Crippen LogP contribution in [-0.2, 0) is 10.8 Å². The van der Waals surface area contributed by atoms with E-state index in [1.807, 2.05) is 23.5 Å². The first-order valence-corrected chi connectivity index (χ1v) is 22.2. The van der Waals surface area contributed by atoms with Gasteiger partial charge in [0.1, 0.15) is 0 Å². The van der Waals surface area contributed by atoms with Crippen LogP contribution in [0.2, 0.25) is 0 Å². The maximum Gasteiger partial charge on any atom is 0.197 e. The van der Waals surface area contributed by atoms with Gasteiger partial charge in [-0.25, -0.2) is 0 Å². The van der Waals surface area contributed by atoms with Gasteiger partial charge in [0, 0.05) is 63.9 Å². The second-order valence-electron chi connectivity index (χ2n) is 17.9. The number of nitrogens with one attached hydrogen (secondary N) is 1. The van der Waals surface area contributed by atoms with E-state index in [1.165, 1.54) is 126 Å². The molecule has 3 heterocycles. The van der Waals surface area contributed by atoms with Gasteiger partial charge in [0.2, 0.25) is 0 Å². The normalized spacial score (nSPS) is 15.8. The second-order valence-corrected chi connectivity index (χ2v) is 20.1. The lowest BCUT2D eigenvalue weighted by Gasteiger charge is -2.42.